The fourth-order valence-electron chi connectivity index (χ4n) is 3.43. The van der Waals surface area contributed by atoms with E-state index in [2.05, 4.69) is 10.5 Å². The van der Waals surface area contributed by atoms with Crippen LogP contribution in [0.4, 0.5) is 0 Å². The molecule has 5 nitrogen and oxygen atoms in total. The van der Waals surface area contributed by atoms with Gasteiger partial charge in [0.2, 0.25) is 5.91 Å². The number of carbonyl (C=O) groups excluding carboxylic acids is 1. The summed E-state index contributed by atoms with van der Waals surface area (Å²) < 4.78 is 0. The Labute approximate surface area is 171 Å². The summed E-state index contributed by atoms with van der Waals surface area (Å²) in [5.74, 6) is -0.444. The summed E-state index contributed by atoms with van der Waals surface area (Å²) in [5.41, 5.74) is 5.14. The van der Waals surface area contributed by atoms with Gasteiger partial charge >= 0.3 is 0 Å². The Bertz CT molecular complexity index is 959. The van der Waals surface area contributed by atoms with Crippen LogP contribution in [0.2, 0.25) is 0 Å². The van der Waals surface area contributed by atoms with Crippen LogP contribution in [0, 0.1) is 13.8 Å². The minimum absolute atomic E-state index is 0.164. The second kappa shape index (κ2) is 9.45. The van der Waals surface area contributed by atoms with Crippen LogP contribution in [0.25, 0.3) is 0 Å². The molecule has 1 radical (unpaired) electrons. The van der Waals surface area contributed by atoms with Gasteiger partial charge < -0.3 is 0 Å². The maximum Gasteiger partial charge on any atom is 0.246 e. The first-order valence-corrected chi connectivity index (χ1v) is 9.58. The summed E-state index contributed by atoms with van der Waals surface area (Å²) in [7, 11) is 0. The number of rotatable bonds is 8. The van der Waals surface area contributed by atoms with Crippen molar-refractivity contribution in [3.05, 3.63) is 101 Å². The molecule has 3 aromatic rings. The van der Waals surface area contributed by atoms with Crippen molar-refractivity contribution in [3.8, 4) is 0 Å². The van der Waals surface area contributed by atoms with E-state index in [1.165, 1.54) is 0 Å². The Morgan fingerprint density at radius 1 is 1.00 bits per heavy atom. The number of aromatic nitrogens is 1. The van der Waals surface area contributed by atoms with Gasteiger partial charge in [-0.25, -0.2) is 10.6 Å². The highest BCUT2D eigenvalue weighted by atomic mass is 16.6. The van der Waals surface area contributed by atoms with E-state index in [1.54, 1.807) is 24.5 Å². The van der Waals surface area contributed by atoms with Crippen LogP contribution in [0.5, 0.6) is 0 Å². The Balaban J connectivity index is 1.72. The van der Waals surface area contributed by atoms with Gasteiger partial charge in [-0.3, -0.25) is 14.6 Å². The van der Waals surface area contributed by atoms with Gasteiger partial charge in [0.1, 0.15) is 12.2 Å². The minimum atomic E-state index is -1.62. The molecule has 149 valence electrons. The SMILES string of the molecule is Cc1ccccc1CONC(=O)CC([O])(Cc1cccnc1)c1ccccc1C. The van der Waals surface area contributed by atoms with Gasteiger partial charge in [-0.05, 0) is 47.7 Å². The summed E-state index contributed by atoms with van der Waals surface area (Å²) in [6.45, 7) is 4.12. The van der Waals surface area contributed by atoms with Crippen molar-refractivity contribution in [3.63, 3.8) is 0 Å². The second-order valence-electron chi connectivity index (χ2n) is 7.26. The third kappa shape index (κ3) is 5.50. The molecule has 3 rings (SSSR count). The van der Waals surface area contributed by atoms with Crippen LogP contribution < -0.4 is 5.48 Å². The molecular weight excluding hydrogens is 364 g/mol. The lowest BCUT2D eigenvalue weighted by Crippen LogP contribution is -2.36. The molecule has 1 aromatic heterocycles. The molecule has 2 aromatic carbocycles. The Morgan fingerprint density at radius 3 is 2.41 bits per heavy atom. The van der Waals surface area contributed by atoms with Gasteiger partial charge in [0, 0.05) is 18.8 Å². The van der Waals surface area contributed by atoms with E-state index in [0.717, 1.165) is 22.3 Å². The second-order valence-corrected chi connectivity index (χ2v) is 7.26. The van der Waals surface area contributed by atoms with Gasteiger partial charge in [0.05, 0.1) is 6.42 Å². The normalized spacial score (nSPS) is 12.9. The molecule has 0 aliphatic carbocycles. The molecular formula is C24H25N2O3. The molecule has 5 heteroatoms. The minimum Gasteiger partial charge on any atom is -0.273 e. The van der Waals surface area contributed by atoms with Gasteiger partial charge in [0.15, 0.2) is 0 Å². The van der Waals surface area contributed by atoms with Crippen LogP contribution >= 0.6 is 0 Å². The first kappa shape index (κ1) is 20.7. The smallest absolute Gasteiger partial charge is 0.246 e. The highest BCUT2D eigenvalue weighted by Crippen LogP contribution is 2.32. The highest BCUT2D eigenvalue weighted by molar-refractivity contribution is 5.76. The highest BCUT2D eigenvalue weighted by Gasteiger charge is 2.36. The summed E-state index contributed by atoms with van der Waals surface area (Å²) >= 11 is 0. The third-order valence-electron chi connectivity index (χ3n) is 4.97. The third-order valence-corrected chi connectivity index (χ3v) is 4.97. The van der Waals surface area contributed by atoms with Crippen molar-refractivity contribution in [2.75, 3.05) is 0 Å². The van der Waals surface area contributed by atoms with E-state index >= 15 is 0 Å². The molecule has 0 fully saturated rings. The van der Waals surface area contributed by atoms with Crippen molar-refractivity contribution in [2.45, 2.75) is 38.9 Å². The van der Waals surface area contributed by atoms with E-state index in [4.69, 9.17) is 4.84 Å². The molecule has 0 aliphatic heterocycles. The average Bonchev–Trinajstić information content (AvgIpc) is 2.70. The van der Waals surface area contributed by atoms with Crippen molar-refractivity contribution >= 4 is 5.91 Å². The fourth-order valence-corrected chi connectivity index (χ4v) is 3.43. The standard InChI is InChI=1S/C24H25N2O3/c1-18-8-3-5-11-21(18)17-29-26-23(27)15-24(28,14-20-10-7-13-25-16-20)22-12-6-4-9-19(22)2/h3-13,16H,14-15,17H2,1-2H3,(H,26,27). The molecule has 1 heterocycles. The Morgan fingerprint density at radius 2 is 1.72 bits per heavy atom. The largest absolute Gasteiger partial charge is 0.273 e. The van der Waals surface area contributed by atoms with Crippen molar-refractivity contribution < 1.29 is 14.7 Å². The average molecular weight is 389 g/mol. The molecule has 29 heavy (non-hydrogen) atoms. The van der Waals surface area contributed by atoms with Gasteiger partial charge in [0.25, 0.3) is 0 Å². The first-order valence-electron chi connectivity index (χ1n) is 9.58. The lowest BCUT2D eigenvalue weighted by Gasteiger charge is -2.27. The van der Waals surface area contributed by atoms with Crippen LogP contribution in [-0.2, 0) is 33.4 Å². The summed E-state index contributed by atoms with van der Waals surface area (Å²) in [5, 5.41) is 13.8. The zero-order chi connectivity index (χ0) is 20.7. The number of benzene rings is 2. The molecule has 1 N–H and O–H groups in total. The topological polar surface area (TPSA) is 71.1 Å². The van der Waals surface area contributed by atoms with E-state index in [9.17, 15) is 9.90 Å². The number of amides is 1. The zero-order valence-corrected chi connectivity index (χ0v) is 16.7. The van der Waals surface area contributed by atoms with Crippen molar-refractivity contribution in [2.24, 2.45) is 0 Å². The van der Waals surface area contributed by atoms with Crippen LogP contribution in [0.15, 0.2) is 73.1 Å². The van der Waals surface area contributed by atoms with Crippen LogP contribution in [0.3, 0.4) is 0 Å². The zero-order valence-electron chi connectivity index (χ0n) is 16.7. The molecule has 1 amide bonds. The Hall–Kier alpha value is -3.02. The molecule has 0 bridgehead atoms. The van der Waals surface area contributed by atoms with Crippen LogP contribution in [-0.4, -0.2) is 10.9 Å². The first-order chi connectivity index (χ1) is 14.0. The number of hydrogen-bond donors (Lipinski definition) is 1. The molecule has 1 unspecified atom stereocenters. The molecule has 0 spiro atoms. The maximum absolute atomic E-state index is 13.8. The summed E-state index contributed by atoms with van der Waals surface area (Å²) in [6, 6.07) is 18.8. The number of aryl methyl sites for hydroxylation is 2. The van der Waals surface area contributed by atoms with E-state index in [-0.39, 0.29) is 19.4 Å². The van der Waals surface area contributed by atoms with Gasteiger partial charge in [-0.1, -0.05) is 54.6 Å². The molecule has 1 atom stereocenters. The number of nitrogens with zero attached hydrogens (tertiary/aromatic N) is 1. The lowest BCUT2D eigenvalue weighted by atomic mass is 9.82. The van der Waals surface area contributed by atoms with Gasteiger partial charge in [-0.15, -0.1) is 0 Å². The molecule has 0 aliphatic rings. The predicted molar refractivity (Wildman–Crippen MR) is 110 cm³/mol. The Kier molecular flexibility index (Phi) is 6.75. The maximum atomic E-state index is 13.8. The number of carbonyl (C=O) groups is 1. The van der Waals surface area contributed by atoms with Crippen LogP contribution in [0.1, 0.15) is 34.2 Å². The number of nitrogens with one attached hydrogen (secondary N) is 1. The number of hydrogen-bond acceptors (Lipinski definition) is 3. The quantitative estimate of drug-likeness (QED) is 0.587. The van der Waals surface area contributed by atoms with E-state index in [1.807, 2.05) is 62.4 Å². The molecule has 0 saturated heterocycles. The number of pyridine rings is 1. The van der Waals surface area contributed by atoms with E-state index < -0.39 is 11.5 Å². The number of hydroxylamine groups is 1. The summed E-state index contributed by atoms with van der Waals surface area (Å²) in [6.07, 6.45) is 3.25. The van der Waals surface area contributed by atoms with Gasteiger partial charge in [-0.2, -0.15) is 0 Å². The molecule has 0 saturated carbocycles. The van der Waals surface area contributed by atoms with Crippen molar-refractivity contribution in [1.82, 2.24) is 10.5 Å². The lowest BCUT2D eigenvalue weighted by molar-refractivity contribution is -0.143. The van der Waals surface area contributed by atoms with Crippen molar-refractivity contribution in [1.29, 1.82) is 0 Å². The predicted octanol–water partition coefficient (Wildman–Crippen LogP) is 4.21. The van der Waals surface area contributed by atoms with E-state index in [0.29, 0.717) is 5.56 Å². The monoisotopic (exact) mass is 389 g/mol. The summed E-state index contributed by atoms with van der Waals surface area (Å²) in [4.78, 5) is 22.0. The fraction of sp³-hybridized carbons (Fsp3) is 0.250.